The number of thiol groups is 2. The van der Waals surface area contributed by atoms with Gasteiger partial charge in [-0.3, -0.25) is 0 Å². The zero-order valence-corrected chi connectivity index (χ0v) is 27.2. The van der Waals surface area contributed by atoms with Crippen molar-refractivity contribution in [2.24, 2.45) is 5.41 Å². The van der Waals surface area contributed by atoms with Gasteiger partial charge in [-0.2, -0.15) is 25.3 Å². The molecule has 3 aromatic heterocycles. The molecule has 1 aliphatic heterocycles. The molecule has 2 radical (unpaired) electrons. The summed E-state index contributed by atoms with van der Waals surface area (Å²) in [6.45, 7) is 12.0. The average molecular weight is 664 g/mol. The topological polar surface area (TPSA) is 63.3 Å². The normalized spacial score (nSPS) is 18.7. The van der Waals surface area contributed by atoms with E-state index in [1.54, 1.807) is 0 Å². The van der Waals surface area contributed by atoms with Crippen LogP contribution in [0.1, 0.15) is 52.1 Å². The van der Waals surface area contributed by atoms with E-state index in [9.17, 15) is 8.78 Å². The van der Waals surface area contributed by atoms with E-state index >= 15 is 13.2 Å². The van der Waals surface area contributed by atoms with Crippen molar-refractivity contribution in [2.75, 3.05) is 18.4 Å². The molecule has 45 heavy (non-hydrogen) atoms. The lowest BCUT2D eigenvalue weighted by Gasteiger charge is -2.41. The van der Waals surface area contributed by atoms with Gasteiger partial charge in [0.15, 0.2) is 11.6 Å². The monoisotopic (exact) mass is 663 g/mol. The Labute approximate surface area is 270 Å². The Bertz CT molecular complexity index is 1730. The maximum Gasteiger partial charge on any atom is 0.256 e. The average Bonchev–Trinajstić information content (AvgIpc) is 3.48. The molecule has 4 heterocycles. The number of likely N-dealkylation sites (tertiary alicyclic amines) is 1. The Morgan fingerprint density at radius 3 is 2.51 bits per heavy atom. The van der Waals surface area contributed by atoms with E-state index in [1.165, 1.54) is 10.6 Å². The number of piperidine rings is 1. The fourth-order valence-electron chi connectivity index (χ4n) is 5.87. The zero-order chi connectivity index (χ0) is 33.0. The Kier molecular flexibility index (Phi) is 9.17. The molecule has 7 nitrogen and oxygen atoms in total. The molecule has 240 valence electrons. The molecule has 3 atom stereocenters. The maximum atomic E-state index is 15.9. The van der Waals surface area contributed by atoms with Gasteiger partial charge in [-0.25, -0.2) is 36.4 Å². The van der Waals surface area contributed by atoms with Crippen molar-refractivity contribution in [3.05, 3.63) is 54.3 Å². The number of allylic oxidation sites excluding steroid dienone is 1. The smallest absolute Gasteiger partial charge is 0.256 e. The molecule has 0 aliphatic carbocycles. The summed E-state index contributed by atoms with van der Waals surface area (Å²) < 4.78 is 73.9. The number of imidazole rings is 1. The van der Waals surface area contributed by atoms with Crippen LogP contribution >= 0.6 is 25.3 Å². The van der Waals surface area contributed by atoms with Crippen molar-refractivity contribution in [3.8, 4) is 11.1 Å². The summed E-state index contributed by atoms with van der Waals surface area (Å²) in [5, 5.41) is 7.54. The summed E-state index contributed by atoms with van der Waals surface area (Å²) in [5.41, 5.74) is 0.991. The molecule has 3 unspecified atom stereocenters. The van der Waals surface area contributed by atoms with Gasteiger partial charge in [0.05, 0.1) is 48.4 Å². The number of rotatable bonds is 9. The first-order valence-electron chi connectivity index (χ1n) is 14.6. The number of anilines is 1. The predicted octanol–water partition coefficient (Wildman–Crippen LogP) is 6.85. The summed E-state index contributed by atoms with van der Waals surface area (Å²) in [6, 6.07) is 1.84. The van der Waals surface area contributed by atoms with Crippen LogP contribution in [0.15, 0.2) is 36.9 Å². The first-order chi connectivity index (χ1) is 21.0. The third kappa shape index (κ3) is 6.65. The SMILES string of the molecule is [B]C(S)(S)C(CC)c1nc(NC2CCN(C(=C)C(C)(C)C)CC2F)nn2cc(F)c(-c3cc(F)c4ncn(CC(F)F)c4c3)c12. The number of nitrogens with one attached hydrogen (secondary N) is 1. The maximum absolute atomic E-state index is 15.9. The predicted molar refractivity (Wildman–Crippen MR) is 174 cm³/mol. The van der Waals surface area contributed by atoms with E-state index in [0.29, 0.717) is 19.4 Å². The summed E-state index contributed by atoms with van der Waals surface area (Å²) in [7, 11) is 6.32. The van der Waals surface area contributed by atoms with Gasteiger partial charge in [0.25, 0.3) is 6.43 Å². The molecule has 1 N–H and O–H groups in total. The molecule has 0 spiro atoms. The Hall–Kier alpha value is -2.94. The van der Waals surface area contributed by atoms with Gasteiger partial charge >= 0.3 is 0 Å². The highest BCUT2D eigenvalue weighted by Crippen LogP contribution is 2.42. The van der Waals surface area contributed by atoms with Crippen molar-refractivity contribution in [1.82, 2.24) is 29.0 Å². The van der Waals surface area contributed by atoms with Crippen molar-refractivity contribution in [2.45, 2.75) is 75.6 Å². The molecule has 0 bridgehead atoms. The minimum atomic E-state index is -2.71. The van der Waals surface area contributed by atoms with Crippen LogP contribution in [0.4, 0.5) is 27.9 Å². The van der Waals surface area contributed by atoms with Crippen LogP contribution in [-0.4, -0.2) is 72.6 Å². The first-order valence-corrected chi connectivity index (χ1v) is 15.5. The van der Waals surface area contributed by atoms with E-state index in [-0.39, 0.29) is 51.3 Å². The number of hydrogen-bond donors (Lipinski definition) is 3. The number of benzene rings is 1. The van der Waals surface area contributed by atoms with Crippen LogP contribution in [0.5, 0.6) is 0 Å². The standard InChI is InChI=1S/C30H35BF5N7S2/c1-6-17(30(31,44)45)25-27-24(16-9-18(32)26-22(10-16)42(14-37-26)13-23(35)36)20(34)12-43(27)40-28(39-25)38-21-7-8-41(11-19(21)33)15(2)29(3,4)5/h9-10,12,14,17,19,21,23,44-45H,2,6-8,11,13H2,1,3-5H3,(H,38,40). The Morgan fingerprint density at radius 2 is 1.91 bits per heavy atom. The fourth-order valence-corrected chi connectivity index (χ4v) is 6.48. The van der Waals surface area contributed by atoms with Crippen molar-refractivity contribution in [3.63, 3.8) is 0 Å². The first kappa shape index (κ1) is 33.4. The van der Waals surface area contributed by atoms with Crippen LogP contribution in [0.3, 0.4) is 0 Å². The highest BCUT2D eigenvalue weighted by atomic mass is 32.2. The van der Waals surface area contributed by atoms with Gasteiger partial charge in [-0.15, -0.1) is 5.10 Å². The van der Waals surface area contributed by atoms with Crippen molar-refractivity contribution >= 4 is 55.6 Å². The van der Waals surface area contributed by atoms with Crippen molar-refractivity contribution in [1.29, 1.82) is 0 Å². The van der Waals surface area contributed by atoms with Gasteiger partial charge in [0.2, 0.25) is 5.95 Å². The zero-order valence-electron chi connectivity index (χ0n) is 25.4. The second-order valence-electron chi connectivity index (χ2n) is 12.5. The molecule has 0 saturated carbocycles. The highest BCUT2D eigenvalue weighted by molar-refractivity contribution is 8.02. The summed E-state index contributed by atoms with van der Waals surface area (Å²) in [4.78, 5) is 10.5. The number of fused-ring (bicyclic) bond motifs is 2. The van der Waals surface area contributed by atoms with E-state index in [0.717, 1.165) is 28.9 Å². The number of nitrogens with zero attached hydrogens (tertiary/aromatic N) is 6. The molecule has 1 aromatic carbocycles. The molecule has 0 amide bonds. The minimum absolute atomic E-state index is 0.0378. The van der Waals surface area contributed by atoms with Gasteiger partial charge in [0, 0.05) is 33.1 Å². The highest BCUT2D eigenvalue weighted by Gasteiger charge is 2.35. The number of alkyl halides is 3. The van der Waals surface area contributed by atoms with Crippen molar-refractivity contribution < 1.29 is 22.0 Å². The summed E-state index contributed by atoms with van der Waals surface area (Å²) in [6.07, 6.45) is -0.977. The van der Waals surface area contributed by atoms with E-state index < -0.39 is 46.7 Å². The molecule has 1 aliphatic rings. The minimum Gasteiger partial charge on any atom is -0.372 e. The fraction of sp³-hybridized carbons (Fsp3) is 0.500. The molecule has 15 heteroatoms. The molecule has 1 saturated heterocycles. The number of aromatic nitrogens is 5. The lowest BCUT2D eigenvalue weighted by Crippen LogP contribution is -2.49. The number of halogens is 5. The lowest BCUT2D eigenvalue weighted by molar-refractivity contribution is 0.128. The van der Waals surface area contributed by atoms with E-state index in [4.69, 9.17) is 12.8 Å². The van der Waals surface area contributed by atoms with Crippen LogP contribution in [0, 0.1) is 17.0 Å². The molecule has 5 rings (SSSR count). The second kappa shape index (κ2) is 12.3. The van der Waals surface area contributed by atoms with Crippen LogP contribution in [0.2, 0.25) is 0 Å². The molecular weight excluding hydrogens is 628 g/mol. The van der Waals surface area contributed by atoms with Gasteiger partial charge < -0.3 is 14.8 Å². The van der Waals surface area contributed by atoms with Gasteiger partial charge in [0.1, 0.15) is 19.5 Å². The van der Waals surface area contributed by atoms with E-state index in [1.807, 2.05) is 32.6 Å². The Balaban J connectivity index is 1.60. The van der Waals surface area contributed by atoms with Crippen LogP contribution < -0.4 is 5.32 Å². The molecule has 4 aromatic rings. The third-order valence-corrected chi connectivity index (χ3v) is 8.89. The van der Waals surface area contributed by atoms with Gasteiger partial charge in [-0.05, 0) is 30.5 Å². The molecule has 1 fully saturated rings. The molecular formula is C30H35BF5N7S2. The third-order valence-electron chi connectivity index (χ3n) is 8.27. The lowest BCUT2D eigenvalue weighted by atomic mass is 9.84. The van der Waals surface area contributed by atoms with Crippen LogP contribution in [0.25, 0.3) is 27.7 Å². The van der Waals surface area contributed by atoms with E-state index in [2.05, 4.69) is 47.2 Å². The largest absolute Gasteiger partial charge is 0.372 e. The number of hydrogen-bond acceptors (Lipinski definition) is 7. The second-order valence-corrected chi connectivity index (χ2v) is 14.4. The summed E-state index contributed by atoms with van der Waals surface area (Å²) >= 11 is 8.94. The summed E-state index contributed by atoms with van der Waals surface area (Å²) in [5.74, 6) is -2.22. The van der Waals surface area contributed by atoms with Crippen LogP contribution in [-0.2, 0) is 6.54 Å². The Morgan fingerprint density at radius 1 is 1.20 bits per heavy atom. The quantitative estimate of drug-likeness (QED) is 0.0792. The van der Waals surface area contributed by atoms with Gasteiger partial charge in [-0.1, -0.05) is 34.3 Å².